The molecule has 0 spiro atoms. The minimum absolute atomic E-state index is 0.0288. The van der Waals surface area contributed by atoms with E-state index in [-0.39, 0.29) is 11.9 Å². The Bertz CT molecular complexity index is 923. The average Bonchev–Trinajstić information content (AvgIpc) is 3.37. The van der Waals surface area contributed by atoms with E-state index in [1.807, 2.05) is 11.1 Å². The number of hydrogen-bond acceptors (Lipinski definition) is 3. The highest BCUT2D eigenvalue weighted by Gasteiger charge is 2.34. The second-order valence-corrected chi connectivity index (χ2v) is 7.87. The van der Waals surface area contributed by atoms with Crippen molar-refractivity contribution in [2.45, 2.75) is 45.2 Å². The molecule has 0 bridgehead atoms. The van der Waals surface area contributed by atoms with Crippen LogP contribution in [0.4, 0.5) is 0 Å². The first kappa shape index (κ1) is 18.6. The fourth-order valence-electron chi connectivity index (χ4n) is 4.09. The van der Waals surface area contributed by atoms with Gasteiger partial charge in [0.2, 0.25) is 5.91 Å². The summed E-state index contributed by atoms with van der Waals surface area (Å²) in [4.78, 5) is 19.0. The van der Waals surface area contributed by atoms with E-state index in [0.717, 1.165) is 31.5 Å². The highest BCUT2D eigenvalue weighted by molar-refractivity contribution is 6.03. The fourth-order valence-corrected chi connectivity index (χ4v) is 4.09. The van der Waals surface area contributed by atoms with Crippen LogP contribution in [0, 0.1) is 6.92 Å². The predicted octanol–water partition coefficient (Wildman–Crippen LogP) is 4.19. The Labute approximate surface area is 166 Å². The topological polar surface area (TPSA) is 58.7 Å². The summed E-state index contributed by atoms with van der Waals surface area (Å²) in [5, 5.41) is 0. The van der Waals surface area contributed by atoms with Gasteiger partial charge in [-0.2, -0.15) is 0 Å². The maximum absolute atomic E-state index is 12.4. The minimum Gasteiger partial charge on any atom is -0.333 e. The number of nitrogens with zero attached hydrogens (tertiary/aromatic N) is 2. The summed E-state index contributed by atoms with van der Waals surface area (Å²) in [7, 11) is 0. The van der Waals surface area contributed by atoms with Crippen molar-refractivity contribution < 1.29 is 4.79 Å². The number of likely N-dealkylation sites (tertiary alicyclic amines) is 1. The molecule has 2 aromatic rings. The molecule has 0 unspecified atom stereocenters. The largest absolute Gasteiger partial charge is 0.333 e. The molecular weight excluding hydrogens is 346 g/mol. The van der Waals surface area contributed by atoms with Crippen molar-refractivity contribution in [3.05, 3.63) is 65.9 Å². The molecule has 1 fully saturated rings. The van der Waals surface area contributed by atoms with Gasteiger partial charge in [0.1, 0.15) is 0 Å². The van der Waals surface area contributed by atoms with Crippen molar-refractivity contribution >= 4 is 17.2 Å². The van der Waals surface area contributed by atoms with E-state index in [9.17, 15) is 4.79 Å². The van der Waals surface area contributed by atoms with Gasteiger partial charge in [-0.1, -0.05) is 54.1 Å². The fraction of sp³-hybridized carbons (Fsp3) is 0.333. The third-order valence-electron chi connectivity index (χ3n) is 5.71. The van der Waals surface area contributed by atoms with Crippen LogP contribution in [0.1, 0.15) is 37.3 Å². The summed E-state index contributed by atoms with van der Waals surface area (Å²) >= 11 is 0. The van der Waals surface area contributed by atoms with Crippen LogP contribution in [0.5, 0.6) is 0 Å². The zero-order valence-electron chi connectivity index (χ0n) is 16.6. The first-order valence-electron chi connectivity index (χ1n) is 10.0. The van der Waals surface area contributed by atoms with Crippen LogP contribution in [0.3, 0.4) is 0 Å². The molecule has 4 rings (SSSR count). The summed E-state index contributed by atoms with van der Waals surface area (Å²) in [5.41, 5.74) is 13.0. The van der Waals surface area contributed by atoms with Gasteiger partial charge >= 0.3 is 0 Å². The Balaban J connectivity index is 1.45. The first-order chi connectivity index (χ1) is 13.5. The van der Waals surface area contributed by atoms with E-state index in [1.54, 1.807) is 6.92 Å². The van der Waals surface area contributed by atoms with Gasteiger partial charge in [-0.05, 0) is 49.0 Å². The number of carbonyl (C=O) groups excluding carboxylic acids is 1. The number of hydrogen-bond donors (Lipinski definition) is 1. The third-order valence-corrected chi connectivity index (χ3v) is 5.71. The number of benzene rings is 2. The van der Waals surface area contributed by atoms with Crippen molar-refractivity contribution in [3.8, 4) is 11.1 Å². The van der Waals surface area contributed by atoms with Crippen molar-refractivity contribution in [2.24, 2.45) is 10.7 Å². The lowest BCUT2D eigenvalue weighted by Gasteiger charge is -2.26. The Hall–Kier alpha value is -2.72. The molecule has 1 saturated heterocycles. The van der Waals surface area contributed by atoms with Crippen molar-refractivity contribution in [2.75, 3.05) is 6.54 Å². The van der Waals surface area contributed by atoms with Gasteiger partial charge in [0.25, 0.3) is 0 Å². The molecule has 0 saturated carbocycles. The summed E-state index contributed by atoms with van der Waals surface area (Å²) in [6, 6.07) is 16.9. The quantitative estimate of drug-likeness (QED) is 0.874. The number of carbonyl (C=O) groups is 1. The van der Waals surface area contributed by atoms with Gasteiger partial charge in [-0.25, -0.2) is 0 Å². The van der Waals surface area contributed by atoms with E-state index in [4.69, 9.17) is 5.73 Å². The molecule has 2 atom stereocenters. The lowest BCUT2D eigenvalue weighted by molar-refractivity contribution is -0.131. The Morgan fingerprint density at radius 1 is 1.07 bits per heavy atom. The zero-order valence-corrected chi connectivity index (χ0v) is 16.6. The molecule has 2 N–H and O–H groups in total. The third kappa shape index (κ3) is 3.65. The zero-order chi connectivity index (χ0) is 19.7. The molecule has 144 valence electrons. The van der Waals surface area contributed by atoms with Crippen molar-refractivity contribution in [1.82, 2.24) is 4.90 Å². The minimum atomic E-state index is -0.454. The molecule has 4 nitrogen and oxygen atoms in total. The molecule has 28 heavy (non-hydrogen) atoms. The van der Waals surface area contributed by atoms with Crippen LogP contribution in [0.25, 0.3) is 16.7 Å². The smallest absolute Gasteiger partial charge is 0.239 e. The van der Waals surface area contributed by atoms with E-state index in [2.05, 4.69) is 60.4 Å². The molecule has 0 aromatic heterocycles. The molecule has 2 aliphatic heterocycles. The SMILES string of the molecule is Cc1ccc(-c2ccc(C3=CN=C([C@@H]4CCCN4C(=O)[C@H](C)N)C3)cc2)cc1. The number of aliphatic imine (C=N–C) groups is 1. The van der Waals surface area contributed by atoms with E-state index >= 15 is 0 Å². The number of nitrogens with two attached hydrogens (primary N) is 1. The number of rotatable bonds is 4. The van der Waals surface area contributed by atoms with Crippen LogP contribution < -0.4 is 5.73 Å². The highest BCUT2D eigenvalue weighted by Crippen LogP contribution is 2.31. The second-order valence-electron chi connectivity index (χ2n) is 7.87. The normalized spacial score (nSPS) is 20.1. The van der Waals surface area contributed by atoms with Gasteiger partial charge in [0.15, 0.2) is 0 Å². The second kappa shape index (κ2) is 7.72. The molecule has 0 aliphatic carbocycles. The highest BCUT2D eigenvalue weighted by atomic mass is 16.2. The van der Waals surface area contributed by atoms with Crippen LogP contribution in [0.2, 0.25) is 0 Å². The standard InChI is InChI=1S/C24H27N3O/c1-16-5-7-18(8-6-16)19-9-11-20(12-10-19)21-14-22(26-15-21)23-4-3-13-27(23)24(28)17(2)25/h5-12,15,17,23H,3-4,13-14,25H2,1-2H3/t17-,23-/m0/s1. The monoisotopic (exact) mass is 373 g/mol. The maximum Gasteiger partial charge on any atom is 0.239 e. The summed E-state index contributed by atoms with van der Waals surface area (Å²) in [6.45, 7) is 4.64. The van der Waals surface area contributed by atoms with E-state index in [1.165, 1.54) is 27.8 Å². The Kier molecular flexibility index (Phi) is 5.14. The molecule has 1 amide bonds. The maximum atomic E-state index is 12.4. The predicted molar refractivity (Wildman–Crippen MR) is 115 cm³/mol. The number of allylic oxidation sites excluding steroid dienone is 1. The molecule has 2 heterocycles. The Morgan fingerprint density at radius 3 is 2.32 bits per heavy atom. The van der Waals surface area contributed by atoms with Gasteiger partial charge in [0, 0.05) is 24.9 Å². The van der Waals surface area contributed by atoms with Gasteiger partial charge in [-0.3, -0.25) is 9.79 Å². The number of aryl methyl sites for hydroxylation is 1. The molecular formula is C24H27N3O. The van der Waals surface area contributed by atoms with E-state index in [0.29, 0.717) is 0 Å². The van der Waals surface area contributed by atoms with Gasteiger partial charge in [-0.15, -0.1) is 0 Å². The van der Waals surface area contributed by atoms with E-state index < -0.39 is 6.04 Å². The van der Waals surface area contributed by atoms with Crippen LogP contribution >= 0.6 is 0 Å². The number of amides is 1. The molecule has 2 aliphatic rings. The first-order valence-corrected chi connectivity index (χ1v) is 10.0. The molecule has 4 heteroatoms. The summed E-state index contributed by atoms with van der Waals surface area (Å²) in [5.74, 6) is 0.0288. The lowest BCUT2D eigenvalue weighted by Crippen LogP contribution is -2.47. The summed E-state index contributed by atoms with van der Waals surface area (Å²) < 4.78 is 0. The van der Waals surface area contributed by atoms with Gasteiger partial charge in [0.05, 0.1) is 12.1 Å². The Morgan fingerprint density at radius 2 is 1.68 bits per heavy atom. The summed E-state index contributed by atoms with van der Waals surface area (Å²) in [6.07, 6.45) is 4.76. The molecule has 2 aromatic carbocycles. The average molecular weight is 374 g/mol. The van der Waals surface area contributed by atoms with Gasteiger partial charge < -0.3 is 10.6 Å². The lowest BCUT2D eigenvalue weighted by atomic mass is 9.96. The van der Waals surface area contributed by atoms with Crippen molar-refractivity contribution in [1.29, 1.82) is 0 Å². The van der Waals surface area contributed by atoms with Crippen LogP contribution in [-0.2, 0) is 4.79 Å². The molecule has 0 radical (unpaired) electrons. The van der Waals surface area contributed by atoms with Crippen molar-refractivity contribution in [3.63, 3.8) is 0 Å². The van der Waals surface area contributed by atoms with Crippen LogP contribution in [0.15, 0.2) is 59.7 Å². The van der Waals surface area contributed by atoms with Crippen LogP contribution in [-0.4, -0.2) is 35.1 Å².